The van der Waals surface area contributed by atoms with Gasteiger partial charge < -0.3 is 4.74 Å². The van der Waals surface area contributed by atoms with Crippen LogP contribution in [0.25, 0.3) is 10.2 Å². The summed E-state index contributed by atoms with van der Waals surface area (Å²) in [6.45, 7) is 8.51. The van der Waals surface area contributed by atoms with Crippen molar-refractivity contribution in [1.29, 1.82) is 0 Å². The van der Waals surface area contributed by atoms with Crippen LogP contribution in [0.5, 0.6) is 0 Å². The van der Waals surface area contributed by atoms with Crippen LogP contribution in [0.2, 0.25) is 0 Å². The number of thiazole rings is 1. The maximum Gasteiger partial charge on any atom is 0.233 e. The van der Waals surface area contributed by atoms with E-state index in [9.17, 15) is 13.6 Å². The van der Waals surface area contributed by atoms with Gasteiger partial charge in [-0.3, -0.25) is 14.6 Å². The van der Waals surface area contributed by atoms with Gasteiger partial charge in [-0.05, 0) is 37.5 Å². The highest BCUT2D eigenvalue weighted by Gasteiger charge is 2.22. The smallest absolute Gasteiger partial charge is 0.233 e. The number of carbonyl (C=O) groups excluding carboxylic acids is 1. The molecule has 1 amide bonds. The van der Waals surface area contributed by atoms with Gasteiger partial charge in [0.05, 0.1) is 24.3 Å². The van der Waals surface area contributed by atoms with Gasteiger partial charge in [0.1, 0.15) is 11.3 Å². The van der Waals surface area contributed by atoms with Gasteiger partial charge in [-0.15, -0.1) is 0 Å². The lowest BCUT2D eigenvalue weighted by Crippen LogP contribution is -2.39. The number of benzene rings is 2. The number of hydrogen-bond donors (Lipinski definition) is 0. The molecule has 1 fully saturated rings. The van der Waals surface area contributed by atoms with E-state index in [1.165, 1.54) is 6.07 Å². The van der Waals surface area contributed by atoms with E-state index in [0.717, 1.165) is 73.4 Å². The van der Waals surface area contributed by atoms with Gasteiger partial charge in [0.25, 0.3) is 0 Å². The first-order valence-corrected chi connectivity index (χ1v) is 11.6. The number of fused-ring (bicyclic) bond motifs is 1. The number of ether oxygens (including phenoxy) is 1. The van der Waals surface area contributed by atoms with Crippen LogP contribution in [0.15, 0.2) is 30.3 Å². The average Bonchev–Trinajstić information content (AvgIpc) is 3.18. The Kier molecular flexibility index (Phi) is 7.13. The molecule has 3 aromatic rings. The third kappa shape index (κ3) is 5.31. The summed E-state index contributed by atoms with van der Waals surface area (Å²) in [5.74, 6) is -1.46. The lowest BCUT2D eigenvalue weighted by Gasteiger charge is -2.27. The second-order valence-corrected chi connectivity index (χ2v) is 9.20. The van der Waals surface area contributed by atoms with Gasteiger partial charge in [-0.2, -0.15) is 0 Å². The molecular weight excluding hydrogens is 432 g/mol. The molecule has 0 atom stereocenters. The summed E-state index contributed by atoms with van der Waals surface area (Å²) in [6, 6.07) is 8.11. The Morgan fingerprint density at radius 2 is 1.97 bits per heavy atom. The molecular formula is C24H27F2N3O2S. The fraction of sp³-hybridized carbons (Fsp3) is 0.417. The summed E-state index contributed by atoms with van der Waals surface area (Å²) in [6.07, 6.45) is 0.988. The van der Waals surface area contributed by atoms with Crippen molar-refractivity contribution in [2.24, 2.45) is 0 Å². The van der Waals surface area contributed by atoms with E-state index in [2.05, 4.69) is 16.0 Å². The first-order valence-electron chi connectivity index (χ1n) is 10.8. The molecule has 4 rings (SSSR count). The van der Waals surface area contributed by atoms with Crippen LogP contribution < -0.4 is 4.90 Å². The fourth-order valence-electron chi connectivity index (χ4n) is 3.97. The van der Waals surface area contributed by atoms with E-state index in [0.29, 0.717) is 16.4 Å². The van der Waals surface area contributed by atoms with E-state index in [1.54, 1.807) is 4.90 Å². The fourth-order valence-corrected chi connectivity index (χ4v) is 5.02. The maximum atomic E-state index is 14.2. The quantitative estimate of drug-likeness (QED) is 0.522. The minimum atomic E-state index is -0.711. The number of aromatic nitrogens is 1. The Balaban J connectivity index is 1.56. The molecule has 0 N–H and O–H groups in total. The summed E-state index contributed by atoms with van der Waals surface area (Å²) in [5.41, 5.74) is 3.26. The van der Waals surface area contributed by atoms with E-state index in [-0.39, 0.29) is 17.8 Å². The molecule has 0 saturated carbocycles. The van der Waals surface area contributed by atoms with Crippen LogP contribution in [0, 0.1) is 25.5 Å². The molecule has 0 radical (unpaired) electrons. The van der Waals surface area contributed by atoms with Gasteiger partial charge in [-0.25, -0.2) is 13.8 Å². The van der Waals surface area contributed by atoms with Crippen molar-refractivity contribution in [3.05, 3.63) is 58.7 Å². The minimum Gasteiger partial charge on any atom is -0.379 e. The van der Waals surface area contributed by atoms with Gasteiger partial charge in [0.15, 0.2) is 10.9 Å². The standard InChI is InChI=1S/C24H27F2N3O2S/c1-16-4-5-18(17(2)12-16)13-22(30)29(7-3-6-28-8-10-31-11-9-28)24-27-23-20(26)14-19(25)15-21(23)32-24/h4-5,12,14-15H,3,6-11,13H2,1-2H3. The molecule has 1 aliphatic heterocycles. The van der Waals surface area contributed by atoms with Gasteiger partial charge in [0, 0.05) is 32.2 Å². The van der Waals surface area contributed by atoms with Crippen molar-refractivity contribution in [2.45, 2.75) is 26.7 Å². The molecule has 0 unspecified atom stereocenters. The Hall–Kier alpha value is -2.42. The molecule has 32 heavy (non-hydrogen) atoms. The van der Waals surface area contributed by atoms with Crippen LogP contribution in [-0.4, -0.2) is 55.2 Å². The molecule has 8 heteroatoms. The molecule has 2 heterocycles. The van der Waals surface area contributed by atoms with E-state index in [1.807, 2.05) is 26.0 Å². The second-order valence-electron chi connectivity index (χ2n) is 8.19. The number of carbonyl (C=O) groups is 1. The van der Waals surface area contributed by atoms with Gasteiger partial charge >= 0.3 is 0 Å². The molecule has 1 aliphatic rings. The summed E-state index contributed by atoms with van der Waals surface area (Å²) in [7, 11) is 0. The Morgan fingerprint density at radius 3 is 2.72 bits per heavy atom. The zero-order valence-electron chi connectivity index (χ0n) is 18.4. The van der Waals surface area contributed by atoms with E-state index < -0.39 is 11.6 Å². The van der Waals surface area contributed by atoms with Crippen molar-refractivity contribution in [2.75, 3.05) is 44.3 Å². The Bertz CT molecular complexity index is 1110. The number of aryl methyl sites for hydroxylation is 2. The molecule has 1 saturated heterocycles. The molecule has 2 aromatic carbocycles. The minimum absolute atomic E-state index is 0.0983. The van der Waals surface area contributed by atoms with Crippen molar-refractivity contribution in [3.63, 3.8) is 0 Å². The van der Waals surface area contributed by atoms with Crippen molar-refractivity contribution in [3.8, 4) is 0 Å². The maximum absolute atomic E-state index is 14.2. The third-order valence-electron chi connectivity index (χ3n) is 5.73. The Labute approximate surface area is 190 Å². The van der Waals surface area contributed by atoms with Gasteiger partial charge in [-0.1, -0.05) is 35.1 Å². The van der Waals surface area contributed by atoms with Crippen LogP contribution in [0.1, 0.15) is 23.1 Å². The monoisotopic (exact) mass is 459 g/mol. The van der Waals surface area contributed by atoms with Crippen molar-refractivity contribution >= 4 is 32.6 Å². The van der Waals surface area contributed by atoms with Crippen molar-refractivity contribution < 1.29 is 18.3 Å². The topological polar surface area (TPSA) is 45.7 Å². The van der Waals surface area contributed by atoms with Crippen LogP contribution in [0.3, 0.4) is 0 Å². The average molecular weight is 460 g/mol. The molecule has 0 spiro atoms. The number of amides is 1. The number of rotatable bonds is 7. The largest absolute Gasteiger partial charge is 0.379 e. The molecule has 0 bridgehead atoms. The van der Waals surface area contributed by atoms with Crippen LogP contribution in [-0.2, 0) is 16.0 Å². The SMILES string of the molecule is Cc1ccc(CC(=O)N(CCCN2CCOCC2)c2nc3c(F)cc(F)cc3s2)c(C)c1. The predicted molar refractivity (Wildman–Crippen MR) is 123 cm³/mol. The highest BCUT2D eigenvalue weighted by Crippen LogP contribution is 2.32. The number of hydrogen-bond acceptors (Lipinski definition) is 5. The number of nitrogens with zero attached hydrogens (tertiary/aromatic N) is 3. The van der Waals surface area contributed by atoms with Crippen LogP contribution in [0.4, 0.5) is 13.9 Å². The third-order valence-corrected chi connectivity index (χ3v) is 6.76. The predicted octanol–water partition coefficient (Wildman–Crippen LogP) is 4.49. The Morgan fingerprint density at radius 1 is 1.19 bits per heavy atom. The van der Waals surface area contributed by atoms with Gasteiger partial charge in [0.2, 0.25) is 5.91 Å². The first kappa shape index (κ1) is 22.8. The summed E-state index contributed by atoms with van der Waals surface area (Å²) < 4.78 is 33.7. The van der Waals surface area contributed by atoms with Crippen molar-refractivity contribution in [1.82, 2.24) is 9.88 Å². The molecule has 0 aliphatic carbocycles. The molecule has 170 valence electrons. The zero-order valence-corrected chi connectivity index (χ0v) is 19.2. The van der Waals surface area contributed by atoms with E-state index in [4.69, 9.17) is 4.74 Å². The lowest BCUT2D eigenvalue weighted by molar-refractivity contribution is -0.118. The molecule has 1 aromatic heterocycles. The van der Waals surface area contributed by atoms with E-state index >= 15 is 0 Å². The molecule has 5 nitrogen and oxygen atoms in total. The summed E-state index contributed by atoms with van der Waals surface area (Å²) in [4.78, 5) is 21.7. The second kappa shape index (κ2) is 10.0. The normalized spacial score (nSPS) is 14.8. The lowest BCUT2D eigenvalue weighted by atomic mass is 10.0. The highest BCUT2D eigenvalue weighted by molar-refractivity contribution is 7.22. The summed E-state index contributed by atoms with van der Waals surface area (Å²) in [5, 5.41) is 0.404. The zero-order chi connectivity index (χ0) is 22.7. The summed E-state index contributed by atoms with van der Waals surface area (Å²) >= 11 is 1.15. The highest BCUT2D eigenvalue weighted by atomic mass is 32.1. The number of halogens is 2. The number of anilines is 1. The van der Waals surface area contributed by atoms with Crippen LogP contribution >= 0.6 is 11.3 Å². The first-order chi connectivity index (χ1) is 15.4. The number of morpholine rings is 1.